The number of fused-ring (bicyclic) bond motifs is 1. The second kappa shape index (κ2) is 9.16. The van der Waals surface area contributed by atoms with Crippen molar-refractivity contribution < 1.29 is 0 Å². The summed E-state index contributed by atoms with van der Waals surface area (Å²) in [7, 11) is 0. The molecule has 0 aliphatic rings. The van der Waals surface area contributed by atoms with Gasteiger partial charge < -0.3 is 10.3 Å². The summed E-state index contributed by atoms with van der Waals surface area (Å²) in [5.74, 6) is 1.09. The van der Waals surface area contributed by atoms with Gasteiger partial charge in [0.05, 0.1) is 16.9 Å². The Kier molecular flexibility index (Phi) is 6.63. The number of H-pyrrole nitrogens is 1. The number of aromatic nitrogens is 2. The molecule has 3 aromatic rings. The van der Waals surface area contributed by atoms with Crippen LogP contribution in [0.5, 0.6) is 0 Å². The third kappa shape index (κ3) is 4.68. The van der Waals surface area contributed by atoms with Crippen molar-refractivity contribution in [3.05, 3.63) is 75.8 Å². The fourth-order valence-corrected chi connectivity index (χ4v) is 3.60. The zero-order valence-corrected chi connectivity index (χ0v) is 17.3. The van der Waals surface area contributed by atoms with E-state index in [1.54, 1.807) is 6.07 Å². The van der Waals surface area contributed by atoms with Crippen molar-refractivity contribution in [2.45, 2.75) is 59.0 Å². The molecule has 1 aromatic heterocycles. The molecule has 0 bridgehead atoms. The van der Waals surface area contributed by atoms with Crippen LogP contribution in [0.1, 0.15) is 69.6 Å². The molecule has 4 heteroatoms. The second-order valence-corrected chi connectivity index (χ2v) is 7.92. The van der Waals surface area contributed by atoms with E-state index < -0.39 is 0 Å². The van der Waals surface area contributed by atoms with Crippen LogP contribution in [-0.4, -0.2) is 9.97 Å². The maximum Gasteiger partial charge on any atom is 0.258 e. The summed E-state index contributed by atoms with van der Waals surface area (Å²) in [6.45, 7) is 8.70. The molecule has 2 atom stereocenters. The maximum atomic E-state index is 12.4. The summed E-state index contributed by atoms with van der Waals surface area (Å²) in [6, 6.07) is 16.5. The largest absolute Gasteiger partial charge is 0.309 e. The Bertz CT molecular complexity index is 959. The van der Waals surface area contributed by atoms with Crippen LogP contribution in [0.3, 0.4) is 0 Å². The number of aryl methyl sites for hydroxylation is 1. The summed E-state index contributed by atoms with van der Waals surface area (Å²) >= 11 is 0. The average molecular weight is 378 g/mol. The van der Waals surface area contributed by atoms with Gasteiger partial charge in [-0.3, -0.25) is 4.79 Å². The predicted molar refractivity (Wildman–Crippen MR) is 117 cm³/mol. The molecule has 0 saturated heterocycles. The number of nitrogens with zero attached hydrogens (tertiary/aromatic N) is 1. The van der Waals surface area contributed by atoms with Crippen LogP contribution >= 0.6 is 0 Å². The van der Waals surface area contributed by atoms with E-state index >= 15 is 0 Å². The number of hydrogen-bond acceptors (Lipinski definition) is 3. The van der Waals surface area contributed by atoms with E-state index in [1.165, 1.54) is 24.0 Å². The van der Waals surface area contributed by atoms with Crippen molar-refractivity contribution >= 4 is 10.9 Å². The summed E-state index contributed by atoms with van der Waals surface area (Å²) < 4.78 is 0. The van der Waals surface area contributed by atoms with Gasteiger partial charge in [0.25, 0.3) is 5.56 Å². The van der Waals surface area contributed by atoms with Crippen LogP contribution in [0.4, 0.5) is 0 Å². The van der Waals surface area contributed by atoms with Crippen LogP contribution in [0.15, 0.2) is 53.3 Å². The number of para-hydroxylation sites is 1. The Morgan fingerprint density at radius 1 is 1.04 bits per heavy atom. The van der Waals surface area contributed by atoms with Gasteiger partial charge in [0.15, 0.2) is 0 Å². The normalized spacial score (nSPS) is 13.8. The highest BCUT2D eigenvalue weighted by atomic mass is 16.1. The highest BCUT2D eigenvalue weighted by Gasteiger charge is 2.20. The fraction of sp³-hybridized carbons (Fsp3) is 0.417. The summed E-state index contributed by atoms with van der Waals surface area (Å²) in [5, 5.41) is 4.30. The molecule has 2 N–H and O–H groups in total. The van der Waals surface area contributed by atoms with Gasteiger partial charge in [-0.15, -0.1) is 0 Å². The molecule has 0 unspecified atom stereocenters. The molecule has 0 saturated carbocycles. The molecule has 28 heavy (non-hydrogen) atoms. The van der Waals surface area contributed by atoms with Gasteiger partial charge in [0, 0.05) is 6.04 Å². The lowest BCUT2D eigenvalue weighted by Crippen LogP contribution is -2.30. The molecule has 0 fully saturated rings. The highest BCUT2D eigenvalue weighted by Crippen LogP contribution is 2.25. The van der Waals surface area contributed by atoms with Crippen molar-refractivity contribution in [1.82, 2.24) is 15.3 Å². The summed E-state index contributed by atoms with van der Waals surface area (Å²) in [6.07, 6.45) is 3.57. The topological polar surface area (TPSA) is 57.8 Å². The number of nitrogens with one attached hydrogen (secondary N) is 2. The minimum absolute atomic E-state index is 0.0653. The third-order valence-electron chi connectivity index (χ3n) is 5.30. The number of aromatic amines is 1. The lowest BCUT2D eigenvalue weighted by atomic mass is 9.93. The van der Waals surface area contributed by atoms with E-state index in [9.17, 15) is 4.79 Å². The van der Waals surface area contributed by atoms with Gasteiger partial charge in [-0.25, -0.2) is 4.98 Å². The van der Waals surface area contributed by atoms with Crippen LogP contribution in [0, 0.1) is 5.92 Å². The zero-order chi connectivity index (χ0) is 20.1. The summed E-state index contributed by atoms with van der Waals surface area (Å²) in [4.78, 5) is 20.0. The molecule has 0 aliphatic heterocycles. The van der Waals surface area contributed by atoms with Crippen molar-refractivity contribution in [3.8, 4) is 0 Å². The first-order chi connectivity index (χ1) is 13.5. The SMILES string of the molecule is CCCCc1ccc([C@H](N[C@H](C)c2nc3ccccc3c(=O)[nH]2)C(C)C)cc1. The Labute approximate surface area is 167 Å². The van der Waals surface area contributed by atoms with E-state index in [-0.39, 0.29) is 17.6 Å². The standard InChI is InChI=1S/C24H31N3O/c1-5-6-9-18-12-14-19(15-13-18)22(16(2)3)25-17(4)23-26-21-11-8-7-10-20(21)24(28)27-23/h7-8,10-17,22,25H,5-6,9H2,1-4H3,(H,26,27,28)/t17-,22-/m1/s1. The molecule has 1 heterocycles. The maximum absolute atomic E-state index is 12.4. The molecular weight excluding hydrogens is 346 g/mol. The van der Waals surface area contributed by atoms with E-state index in [4.69, 9.17) is 0 Å². The third-order valence-corrected chi connectivity index (χ3v) is 5.30. The molecule has 0 spiro atoms. The molecule has 3 rings (SSSR count). The first-order valence-electron chi connectivity index (χ1n) is 10.3. The molecule has 148 valence electrons. The number of unbranched alkanes of at least 4 members (excludes halogenated alkanes) is 1. The Hall–Kier alpha value is -2.46. The predicted octanol–water partition coefficient (Wildman–Crippen LogP) is 5.31. The number of hydrogen-bond donors (Lipinski definition) is 2. The fourth-order valence-electron chi connectivity index (χ4n) is 3.60. The lowest BCUT2D eigenvalue weighted by Gasteiger charge is -2.27. The van der Waals surface area contributed by atoms with Crippen LogP contribution < -0.4 is 10.9 Å². The molecule has 0 aliphatic carbocycles. The molecule has 4 nitrogen and oxygen atoms in total. The van der Waals surface area contributed by atoms with Crippen LogP contribution in [-0.2, 0) is 6.42 Å². The van der Waals surface area contributed by atoms with E-state index in [2.05, 4.69) is 67.2 Å². The first-order valence-corrected chi connectivity index (χ1v) is 10.3. The van der Waals surface area contributed by atoms with Gasteiger partial charge >= 0.3 is 0 Å². The van der Waals surface area contributed by atoms with E-state index in [0.29, 0.717) is 17.1 Å². The van der Waals surface area contributed by atoms with Crippen molar-refractivity contribution in [2.75, 3.05) is 0 Å². The lowest BCUT2D eigenvalue weighted by molar-refractivity contribution is 0.367. The minimum atomic E-state index is -0.0874. The van der Waals surface area contributed by atoms with Gasteiger partial charge in [-0.05, 0) is 48.9 Å². The minimum Gasteiger partial charge on any atom is -0.309 e. The average Bonchev–Trinajstić information content (AvgIpc) is 2.70. The Morgan fingerprint density at radius 2 is 1.75 bits per heavy atom. The van der Waals surface area contributed by atoms with E-state index in [1.807, 2.05) is 18.2 Å². The monoisotopic (exact) mass is 377 g/mol. The second-order valence-electron chi connectivity index (χ2n) is 7.92. The van der Waals surface area contributed by atoms with Crippen LogP contribution in [0.2, 0.25) is 0 Å². The summed E-state index contributed by atoms with van der Waals surface area (Å²) in [5.41, 5.74) is 3.30. The Balaban J connectivity index is 1.81. The van der Waals surface area contributed by atoms with Crippen molar-refractivity contribution in [2.24, 2.45) is 5.92 Å². The first kappa shape index (κ1) is 20.3. The van der Waals surface area contributed by atoms with Crippen molar-refractivity contribution in [3.63, 3.8) is 0 Å². The van der Waals surface area contributed by atoms with Crippen molar-refractivity contribution in [1.29, 1.82) is 0 Å². The molecule has 2 aromatic carbocycles. The quantitative estimate of drug-likeness (QED) is 0.559. The smallest absolute Gasteiger partial charge is 0.258 e. The van der Waals surface area contributed by atoms with Gasteiger partial charge in [-0.1, -0.05) is 63.6 Å². The van der Waals surface area contributed by atoms with Crippen LogP contribution in [0.25, 0.3) is 10.9 Å². The highest BCUT2D eigenvalue weighted by molar-refractivity contribution is 5.77. The number of rotatable bonds is 8. The number of benzene rings is 2. The van der Waals surface area contributed by atoms with Gasteiger partial charge in [0.1, 0.15) is 5.82 Å². The van der Waals surface area contributed by atoms with Gasteiger partial charge in [0.2, 0.25) is 0 Å². The molecule has 0 radical (unpaired) electrons. The molecular formula is C24H31N3O. The molecule has 0 amide bonds. The zero-order valence-electron chi connectivity index (χ0n) is 17.3. The van der Waals surface area contributed by atoms with E-state index in [0.717, 1.165) is 11.9 Å². The Morgan fingerprint density at radius 3 is 2.43 bits per heavy atom. The van der Waals surface area contributed by atoms with Gasteiger partial charge in [-0.2, -0.15) is 0 Å².